The normalized spacial score (nSPS) is 14.8. The van der Waals surface area contributed by atoms with E-state index in [0.717, 1.165) is 33.6 Å². The highest BCUT2D eigenvalue weighted by Gasteiger charge is 2.54. The Morgan fingerprint density at radius 3 is 2.00 bits per heavy atom. The highest BCUT2D eigenvalue weighted by atomic mass is 16.6. The van der Waals surface area contributed by atoms with Gasteiger partial charge in [0.15, 0.2) is 5.60 Å². The molecule has 4 aromatic carbocycles. The number of carbonyl (C=O) groups is 1. The van der Waals surface area contributed by atoms with E-state index in [9.17, 15) is 4.79 Å². The van der Waals surface area contributed by atoms with Gasteiger partial charge in [-0.15, -0.1) is 0 Å². The van der Waals surface area contributed by atoms with Gasteiger partial charge in [-0.25, -0.2) is 4.79 Å². The van der Waals surface area contributed by atoms with Crippen LogP contribution in [0.2, 0.25) is 0 Å². The van der Waals surface area contributed by atoms with E-state index in [-0.39, 0.29) is 5.97 Å². The molecule has 1 spiro atoms. The van der Waals surface area contributed by atoms with Gasteiger partial charge in [-0.2, -0.15) is 0 Å². The van der Waals surface area contributed by atoms with E-state index in [4.69, 9.17) is 9.47 Å². The Hall–Kier alpha value is -4.05. The van der Waals surface area contributed by atoms with Crippen molar-refractivity contribution < 1.29 is 14.3 Å². The molecule has 4 nitrogen and oxygen atoms in total. The summed E-state index contributed by atoms with van der Waals surface area (Å²) < 4.78 is 12.4. The lowest BCUT2D eigenvalue weighted by Crippen LogP contribution is -2.32. The summed E-state index contributed by atoms with van der Waals surface area (Å²) in [6.07, 6.45) is 0. The minimum Gasteiger partial charge on any atom is -0.456 e. The third-order valence-electron chi connectivity index (χ3n) is 6.52. The minimum absolute atomic E-state index is 0.347. The Labute approximate surface area is 186 Å². The number of hydrogen-bond acceptors (Lipinski definition) is 4. The van der Waals surface area contributed by atoms with E-state index in [1.165, 1.54) is 5.56 Å². The average molecular weight is 419 g/mol. The number of benzene rings is 4. The Kier molecular flexibility index (Phi) is 3.93. The quantitative estimate of drug-likeness (QED) is 0.371. The molecule has 156 valence electrons. The zero-order valence-electron chi connectivity index (χ0n) is 17.8. The summed E-state index contributed by atoms with van der Waals surface area (Å²) in [5.74, 6) is 1.04. The first kappa shape index (κ1) is 18.7. The number of hydrogen-bond donors (Lipinski definition) is 1. The second kappa shape index (κ2) is 6.72. The van der Waals surface area contributed by atoms with Gasteiger partial charge >= 0.3 is 5.97 Å². The van der Waals surface area contributed by atoms with Gasteiger partial charge in [-0.3, -0.25) is 0 Å². The average Bonchev–Trinajstić information content (AvgIpc) is 3.11. The van der Waals surface area contributed by atoms with Crippen molar-refractivity contribution in [1.82, 2.24) is 0 Å². The van der Waals surface area contributed by atoms with Crippen molar-refractivity contribution in [3.05, 3.63) is 118 Å². The van der Waals surface area contributed by atoms with Crippen molar-refractivity contribution in [3.8, 4) is 11.5 Å². The van der Waals surface area contributed by atoms with Crippen LogP contribution in [-0.2, 0) is 10.3 Å². The maximum absolute atomic E-state index is 13.4. The topological polar surface area (TPSA) is 47.6 Å². The predicted molar refractivity (Wildman–Crippen MR) is 124 cm³/mol. The standard InChI is InChI=1S/C28H21NO3/c1-17-9-7-13-22(18(17)2)29-23-14-8-12-21-26(23)27(30)32-28(21)19-10-3-5-15-24(19)31-25-16-6-4-11-20(25)28/h3-16,29H,1-2H3. The van der Waals surface area contributed by atoms with E-state index in [1.807, 2.05) is 78.9 Å². The Balaban J connectivity index is 1.60. The van der Waals surface area contributed by atoms with Gasteiger partial charge in [0, 0.05) is 22.4 Å². The number of nitrogens with one attached hydrogen (secondary N) is 1. The maximum atomic E-state index is 13.4. The Morgan fingerprint density at radius 1 is 0.688 bits per heavy atom. The molecule has 2 aliphatic heterocycles. The summed E-state index contributed by atoms with van der Waals surface area (Å²) in [5, 5.41) is 3.48. The van der Waals surface area contributed by atoms with E-state index in [2.05, 4.69) is 25.2 Å². The van der Waals surface area contributed by atoms with Crippen LogP contribution in [0.3, 0.4) is 0 Å². The molecule has 6 rings (SSSR count). The van der Waals surface area contributed by atoms with Crippen LogP contribution >= 0.6 is 0 Å². The van der Waals surface area contributed by atoms with Crippen molar-refractivity contribution >= 4 is 17.3 Å². The fourth-order valence-electron chi connectivity index (χ4n) is 4.80. The highest BCUT2D eigenvalue weighted by Crippen LogP contribution is 2.56. The van der Waals surface area contributed by atoms with Crippen LogP contribution in [0.5, 0.6) is 11.5 Å². The van der Waals surface area contributed by atoms with Crippen LogP contribution in [0.25, 0.3) is 0 Å². The van der Waals surface area contributed by atoms with Crippen LogP contribution in [-0.4, -0.2) is 5.97 Å². The highest BCUT2D eigenvalue weighted by molar-refractivity contribution is 6.03. The molecule has 0 saturated carbocycles. The van der Waals surface area contributed by atoms with Crippen LogP contribution in [0, 0.1) is 13.8 Å². The molecule has 0 aromatic heterocycles. The number of aryl methyl sites for hydroxylation is 1. The molecule has 0 unspecified atom stereocenters. The lowest BCUT2D eigenvalue weighted by atomic mass is 9.77. The van der Waals surface area contributed by atoms with Gasteiger partial charge in [-0.1, -0.05) is 60.7 Å². The Bertz CT molecular complexity index is 1360. The number of fused-ring (bicyclic) bond motifs is 6. The molecule has 0 saturated heterocycles. The van der Waals surface area contributed by atoms with Gasteiger partial charge in [-0.05, 0) is 49.2 Å². The van der Waals surface area contributed by atoms with Crippen LogP contribution < -0.4 is 10.1 Å². The number of ether oxygens (including phenoxy) is 2. The van der Waals surface area contributed by atoms with Crippen molar-refractivity contribution in [2.24, 2.45) is 0 Å². The molecule has 0 aliphatic carbocycles. The SMILES string of the molecule is Cc1cccc(Nc2cccc3c2C(=O)OC32c3ccccc3Oc3ccccc32)c1C. The third kappa shape index (κ3) is 2.47. The summed E-state index contributed by atoms with van der Waals surface area (Å²) in [6, 6.07) is 27.5. The van der Waals surface area contributed by atoms with Crippen molar-refractivity contribution in [3.63, 3.8) is 0 Å². The molecule has 1 N–H and O–H groups in total. The molecule has 2 aliphatic rings. The largest absolute Gasteiger partial charge is 0.456 e. The second-order valence-corrected chi connectivity index (χ2v) is 8.27. The molecule has 2 heterocycles. The summed E-state index contributed by atoms with van der Waals surface area (Å²) in [6.45, 7) is 4.15. The molecule has 32 heavy (non-hydrogen) atoms. The number of anilines is 2. The van der Waals surface area contributed by atoms with Crippen LogP contribution in [0.1, 0.15) is 38.2 Å². The smallest absolute Gasteiger partial charge is 0.342 e. The third-order valence-corrected chi connectivity index (χ3v) is 6.52. The number of rotatable bonds is 2. The van der Waals surface area contributed by atoms with Gasteiger partial charge in [0.2, 0.25) is 0 Å². The van der Waals surface area contributed by atoms with E-state index >= 15 is 0 Å². The predicted octanol–water partition coefficient (Wildman–Crippen LogP) is 6.62. The molecular formula is C28H21NO3. The van der Waals surface area contributed by atoms with Crippen LogP contribution in [0.15, 0.2) is 84.9 Å². The summed E-state index contributed by atoms with van der Waals surface area (Å²) in [5.41, 5.74) is 6.03. The van der Waals surface area contributed by atoms with Crippen molar-refractivity contribution in [2.45, 2.75) is 19.4 Å². The lowest BCUT2D eigenvalue weighted by molar-refractivity contribution is 0.0225. The fourth-order valence-corrected chi connectivity index (χ4v) is 4.80. The monoisotopic (exact) mass is 419 g/mol. The molecule has 0 atom stereocenters. The summed E-state index contributed by atoms with van der Waals surface area (Å²) in [4.78, 5) is 13.4. The zero-order valence-corrected chi connectivity index (χ0v) is 17.8. The first-order valence-corrected chi connectivity index (χ1v) is 10.7. The van der Waals surface area contributed by atoms with E-state index < -0.39 is 5.60 Å². The van der Waals surface area contributed by atoms with E-state index in [0.29, 0.717) is 17.1 Å². The molecule has 0 bridgehead atoms. The van der Waals surface area contributed by atoms with Gasteiger partial charge < -0.3 is 14.8 Å². The van der Waals surface area contributed by atoms with E-state index in [1.54, 1.807) is 0 Å². The summed E-state index contributed by atoms with van der Waals surface area (Å²) in [7, 11) is 0. The van der Waals surface area contributed by atoms with Crippen molar-refractivity contribution in [1.29, 1.82) is 0 Å². The lowest BCUT2D eigenvalue weighted by Gasteiger charge is -2.36. The molecule has 4 heteroatoms. The molecule has 0 amide bonds. The number of carbonyl (C=O) groups excluding carboxylic acids is 1. The first-order valence-electron chi connectivity index (χ1n) is 10.7. The molecular weight excluding hydrogens is 398 g/mol. The fraction of sp³-hybridized carbons (Fsp3) is 0.107. The Morgan fingerprint density at radius 2 is 1.28 bits per heavy atom. The number of esters is 1. The van der Waals surface area contributed by atoms with Crippen molar-refractivity contribution in [2.75, 3.05) is 5.32 Å². The second-order valence-electron chi connectivity index (χ2n) is 8.27. The number of para-hydroxylation sites is 2. The first-order chi connectivity index (χ1) is 15.6. The van der Waals surface area contributed by atoms with Crippen LogP contribution in [0.4, 0.5) is 11.4 Å². The molecule has 0 radical (unpaired) electrons. The van der Waals surface area contributed by atoms with Gasteiger partial charge in [0.1, 0.15) is 11.5 Å². The minimum atomic E-state index is -1.04. The zero-order chi connectivity index (χ0) is 21.9. The van der Waals surface area contributed by atoms with Gasteiger partial charge in [0.25, 0.3) is 0 Å². The molecule has 0 fully saturated rings. The summed E-state index contributed by atoms with van der Waals surface area (Å²) >= 11 is 0. The molecule has 4 aromatic rings. The maximum Gasteiger partial charge on any atom is 0.342 e. The van der Waals surface area contributed by atoms with Gasteiger partial charge in [0.05, 0.1) is 11.3 Å².